The van der Waals surface area contributed by atoms with E-state index in [2.05, 4.69) is 5.32 Å². The van der Waals surface area contributed by atoms with Crippen molar-refractivity contribution in [1.29, 1.82) is 0 Å². The second kappa shape index (κ2) is 7.60. The Hall–Kier alpha value is -1.13. The van der Waals surface area contributed by atoms with Crippen LogP contribution in [-0.4, -0.2) is 19.0 Å². The van der Waals surface area contributed by atoms with Crippen LogP contribution in [0.3, 0.4) is 0 Å². The number of amides is 1. The van der Waals surface area contributed by atoms with E-state index < -0.39 is 0 Å². The number of benzene rings is 1. The maximum atomic E-state index is 12.8. The molecule has 2 rings (SSSR count). The number of halogens is 2. The Balaban J connectivity index is 0.00000200. The Morgan fingerprint density at radius 2 is 1.85 bits per heavy atom. The van der Waals surface area contributed by atoms with Gasteiger partial charge in [0.1, 0.15) is 5.82 Å². The quantitative estimate of drug-likeness (QED) is 0.877. The molecule has 3 nitrogen and oxygen atoms in total. The van der Waals surface area contributed by atoms with Gasteiger partial charge in [0.05, 0.1) is 5.41 Å². The van der Waals surface area contributed by atoms with Gasteiger partial charge >= 0.3 is 0 Å². The number of hydrogen-bond acceptors (Lipinski definition) is 2. The molecule has 0 aromatic heterocycles. The van der Waals surface area contributed by atoms with Crippen molar-refractivity contribution in [3.63, 3.8) is 0 Å². The molecule has 112 valence electrons. The first-order valence-corrected chi connectivity index (χ1v) is 6.89. The van der Waals surface area contributed by atoms with Crippen LogP contribution < -0.4 is 11.1 Å². The van der Waals surface area contributed by atoms with Gasteiger partial charge in [-0.1, -0.05) is 25.0 Å². The second-order valence-corrected chi connectivity index (χ2v) is 5.32. The fourth-order valence-corrected chi connectivity index (χ4v) is 2.73. The van der Waals surface area contributed by atoms with Crippen molar-refractivity contribution in [3.8, 4) is 0 Å². The van der Waals surface area contributed by atoms with Gasteiger partial charge < -0.3 is 11.1 Å². The molecule has 0 atom stereocenters. The molecule has 0 aliphatic heterocycles. The average molecular weight is 301 g/mol. The lowest BCUT2D eigenvalue weighted by molar-refractivity contribution is -0.130. The van der Waals surface area contributed by atoms with Gasteiger partial charge in [0.2, 0.25) is 5.91 Å². The van der Waals surface area contributed by atoms with E-state index in [9.17, 15) is 9.18 Å². The Morgan fingerprint density at radius 3 is 2.40 bits per heavy atom. The molecule has 5 heteroatoms. The predicted molar refractivity (Wildman–Crippen MR) is 80.3 cm³/mol. The van der Waals surface area contributed by atoms with E-state index in [1.54, 1.807) is 12.1 Å². The van der Waals surface area contributed by atoms with E-state index in [0.29, 0.717) is 19.5 Å². The van der Waals surface area contributed by atoms with E-state index >= 15 is 0 Å². The van der Waals surface area contributed by atoms with Crippen molar-refractivity contribution in [2.75, 3.05) is 13.1 Å². The minimum absolute atomic E-state index is 0. The van der Waals surface area contributed by atoms with Gasteiger partial charge in [-0.25, -0.2) is 4.39 Å². The highest BCUT2D eigenvalue weighted by Gasteiger charge is 2.39. The molecule has 20 heavy (non-hydrogen) atoms. The van der Waals surface area contributed by atoms with Crippen LogP contribution in [-0.2, 0) is 11.2 Å². The topological polar surface area (TPSA) is 55.1 Å². The molecule has 1 amide bonds. The summed E-state index contributed by atoms with van der Waals surface area (Å²) in [4.78, 5) is 12.2. The van der Waals surface area contributed by atoms with E-state index in [1.807, 2.05) is 0 Å². The van der Waals surface area contributed by atoms with Gasteiger partial charge in [-0.3, -0.25) is 4.79 Å². The normalized spacial score (nSPS) is 16.5. The van der Waals surface area contributed by atoms with Gasteiger partial charge in [-0.05, 0) is 37.0 Å². The van der Waals surface area contributed by atoms with Crippen molar-refractivity contribution in [2.24, 2.45) is 11.1 Å². The molecule has 0 unspecified atom stereocenters. The Labute approximate surface area is 125 Å². The molecule has 3 N–H and O–H groups in total. The molecule has 1 aliphatic carbocycles. The van der Waals surface area contributed by atoms with Crippen LogP contribution in [0.4, 0.5) is 4.39 Å². The van der Waals surface area contributed by atoms with Crippen LogP contribution in [0.2, 0.25) is 0 Å². The predicted octanol–water partition coefficient (Wildman–Crippen LogP) is 2.43. The molecule has 0 saturated heterocycles. The zero-order valence-corrected chi connectivity index (χ0v) is 12.3. The number of nitrogens with two attached hydrogens (primary N) is 1. The maximum Gasteiger partial charge on any atom is 0.227 e. The van der Waals surface area contributed by atoms with Gasteiger partial charge in [-0.2, -0.15) is 0 Å². The van der Waals surface area contributed by atoms with Crippen LogP contribution in [0.15, 0.2) is 24.3 Å². The van der Waals surface area contributed by atoms with E-state index in [0.717, 1.165) is 31.2 Å². The number of rotatable bonds is 5. The van der Waals surface area contributed by atoms with Crippen molar-refractivity contribution in [3.05, 3.63) is 35.6 Å². The number of carbonyl (C=O) groups is 1. The largest absolute Gasteiger partial charge is 0.355 e. The monoisotopic (exact) mass is 300 g/mol. The van der Waals surface area contributed by atoms with Gasteiger partial charge in [0.25, 0.3) is 0 Å². The van der Waals surface area contributed by atoms with Crippen LogP contribution in [0.25, 0.3) is 0 Å². The van der Waals surface area contributed by atoms with Crippen LogP contribution in [0, 0.1) is 11.2 Å². The number of hydrogen-bond donors (Lipinski definition) is 2. The Morgan fingerprint density at radius 1 is 1.25 bits per heavy atom. The zero-order valence-electron chi connectivity index (χ0n) is 11.5. The lowest BCUT2D eigenvalue weighted by Crippen LogP contribution is -2.44. The molecule has 1 saturated carbocycles. The minimum atomic E-state index is -0.344. The molecule has 1 aliphatic rings. The third-order valence-corrected chi connectivity index (χ3v) is 4.05. The molecular weight excluding hydrogens is 279 g/mol. The van der Waals surface area contributed by atoms with Crippen LogP contribution >= 0.6 is 12.4 Å². The molecule has 1 aromatic carbocycles. The lowest BCUT2D eigenvalue weighted by atomic mass is 9.85. The molecule has 1 fully saturated rings. The van der Waals surface area contributed by atoms with Gasteiger partial charge in [0, 0.05) is 13.1 Å². The molecular formula is C15H22ClFN2O. The summed E-state index contributed by atoms with van der Waals surface area (Å²) in [6, 6.07) is 6.37. The van der Waals surface area contributed by atoms with Crippen molar-refractivity contribution in [1.82, 2.24) is 5.32 Å². The van der Waals surface area contributed by atoms with Gasteiger partial charge in [-0.15, -0.1) is 12.4 Å². The standard InChI is InChI=1S/C15H21FN2O.ClH/c16-13-5-3-12(4-6-13)7-10-18-14(19)15(11-17)8-1-2-9-15;/h3-6H,1-2,7-11,17H2,(H,18,19);1H. The first-order chi connectivity index (χ1) is 9.16. The van der Waals surface area contributed by atoms with E-state index in [4.69, 9.17) is 5.73 Å². The van der Waals surface area contributed by atoms with Crippen LogP contribution in [0.5, 0.6) is 0 Å². The molecule has 1 aromatic rings. The smallest absolute Gasteiger partial charge is 0.227 e. The summed E-state index contributed by atoms with van der Waals surface area (Å²) in [5, 5.41) is 2.97. The summed E-state index contributed by atoms with van der Waals surface area (Å²) >= 11 is 0. The second-order valence-electron chi connectivity index (χ2n) is 5.32. The SMILES string of the molecule is Cl.NCC1(C(=O)NCCc2ccc(F)cc2)CCCC1. The highest BCUT2D eigenvalue weighted by atomic mass is 35.5. The third kappa shape index (κ3) is 3.93. The summed E-state index contributed by atoms with van der Waals surface area (Å²) in [5.74, 6) is -0.157. The summed E-state index contributed by atoms with van der Waals surface area (Å²) in [6.45, 7) is 1.00. The molecule has 0 bridgehead atoms. The summed E-state index contributed by atoms with van der Waals surface area (Å²) in [7, 11) is 0. The Kier molecular flexibility index (Phi) is 6.43. The molecule has 0 radical (unpaired) electrons. The minimum Gasteiger partial charge on any atom is -0.355 e. The maximum absolute atomic E-state index is 12.8. The molecule has 0 heterocycles. The van der Waals surface area contributed by atoms with Crippen molar-refractivity contribution in [2.45, 2.75) is 32.1 Å². The number of carbonyl (C=O) groups excluding carboxylic acids is 1. The highest BCUT2D eigenvalue weighted by Crippen LogP contribution is 2.37. The first kappa shape index (κ1) is 16.9. The van der Waals surface area contributed by atoms with E-state index in [-0.39, 0.29) is 29.5 Å². The summed E-state index contributed by atoms with van der Waals surface area (Å²) in [5.41, 5.74) is 6.45. The van der Waals surface area contributed by atoms with Crippen LogP contribution in [0.1, 0.15) is 31.2 Å². The number of nitrogens with one attached hydrogen (secondary N) is 1. The lowest BCUT2D eigenvalue weighted by Gasteiger charge is -2.25. The van der Waals surface area contributed by atoms with Crippen molar-refractivity contribution >= 4 is 18.3 Å². The van der Waals surface area contributed by atoms with Gasteiger partial charge in [0.15, 0.2) is 0 Å². The zero-order chi connectivity index (χ0) is 13.7. The summed E-state index contributed by atoms with van der Waals surface area (Å²) in [6.07, 6.45) is 4.68. The van der Waals surface area contributed by atoms with Crippen molar-refractivity contribution < 1.29 is 9.18 Å². The summed E-state index contributed by atoms with van der Waals surface area (Å²) < 4.78 is 12.8. The fourth-order valence-electron chi connectivity index (χ4n) is 2.73. The highest BCUT2D eigenvalue weighted by molar-refractivity contribution is 5.85. The fraction of sp³-hybridized carbons (Fsp3) is 0.533. The first-order valence-electron chi connectivity index (χ1n) is 6.89. The molecule has 0 spiro atoms. The third-order valence-electron chi connectivity index (χ3n) is 4.05. The Bertz CT molecular complexity index is 430. The average Bonchev–Trinajstić information content (AvgIpc) is 2.91. The van der Waals surface area contributed by atoms with E-state index in [1.165, 1.54) is 12.1 Å².